The van der Waals surface area contributed by atoms with Crippen LogP contribution in [0, 0.1) is 0 Å². The fraction of sp³-hybridized carbons (Fsp3) is 0.250. The number of pyridine rings is 1. The molecule has 0 amide bonds. The number of benzene rings is 1. The molecule has 3 rings (SSSR count). The third-order valence-corrected chi connectivity index (χ3v) is 6.29. The minimum absolute atomic E-state index is 0.0277. The Labute approximate surface area is 177 Å². The largest absolute Gasteiger partial charge is 0.504 e. The van der Waals surface area contributed by atoms with Crippen LogP contribution in [0.1, 0.15) is 16.8 Å². The highest BCUT2D eigenvalue weighted by molar-refractivity contribution is 8.02. The van der Waals surface area contributed by atoms with Crippen molar-refractivity contribution in [1.82, 2.24) is 4.98 Å². The molecule has 1 aliphatic heterocycles. The SMILES string of the molecule is C=C(F)c1c(OCCOC)cccc1C1=C(O)c2ncccc2N(CC(F)F)S1(=O)=O. The summed E-state index contributed by atoms with van der Waals surface area (Å²) in [7, 11) is -3.28. The number of aromatic nitrogens is 1. The molecule has 0 atom stereocenters. The van der Waals surface area contributed by atoms with Crippen molar-refractivity contribution in [2.75, 3.05) is 31.2 Å². The summed E-state index contributed by atoms with van der Waals surface area (Å²) in [5.41, 5.74) is -1.07. The number of fused-ring (bicyclic) bond motifs is 1. The van der Waals surface area contributed by atoms with Gasteiger partial charge in [-0.1, -0.05) is 18.7 Å². The van der Waals surface area contributed by atoms with Gasteiger partial charge in [0.25, 0.3) is 16.4 Å². The third kappa shape index (κ3) is 4.23. The number of anilines is 1. The van der Waals surface area contributed by atoms with E-state index in [1.165, 1.54) is 43.6 Å². The van der Waals surface area contributed by atoms with Gasteiger partial charge in [0.05, 0.1) is 24.4 Å². The molecule has 0 unspecified atom stereocenters. The molecule has 1 N–H and O–H groups in total. The van der Waals surface area contributed by atoms with E-state index < -0.39 is 39.5 Å². The zero-order valence-electron chi connectivity index (χ0n) is 16.4. The zero-order valence-corrected chi connectivity index (χ0v) is 17.2. The maximum atomic E-state index is 14.4. The first-order chi connectivity index (χ1) is 14.7. The van der Waals surface area contributed by atoms with Crippen molar-refractivity contribution in [2.24, 2.45) is 0 Å². The molecule has 0 bridgehead atoms. The molecule has 1 aromatic heterocycles. The molecule has 0 saturated carbocycles. The molecule has 0 fully saturated rings. The normalized spacial score (nSPS) is 15.2. The third-order valence-electron chi connectivity index (χ3n) is 4.43. The van der Waals surface area contributed by atoms with Crippen molar-refractivity contribution >= 4 is 32.2 Å². The lowest BCUT2D eigenvalue weighted by atomic mass is 10.0. The fourth-order valence-corrected chi connectivity index (χ4v) is 4.92. The van der Waals surface area contributed by atoms with E-state index in [9.17, 15) is 26.7 Å². The van der Waals surface area contributed by atoms with Crippen LogP contribution in [0.3, 0.4) is 0 Å². The van der Waals surface area contributed by atoms with Gasteiger partial charge in [0.1, 0.15) is 28.8 Å². The molecule has 11 heteroatoms. The highest BCUT2D eigenvalue weighted by Gasteiger charge is 2.41. The first-order valence-electron chi connectivity index (χ1n) is 8.99. The molecule has 166 valence electrons. The number of rotatable bonds is 8. The van der Waals surface area contributed by atoms with Crippen LogP contribution >= 0.6 is 0 Å². The number of sulfonamides is 1. The molecule has 1 aliphatic rings. The summed E-state index contributed by atoms with van der Waals surface area (Å²) in [6.45, 7) is 2.26. The van der Waals surface area contributed by atoms with Crippen molar-refractivity contribution in [3.05, 3.63) is 59.9 Å². The summed E-state index contributed by atoms with van der Waals surface area (Å²) in [6, 6.07) is 6.58. The van der Waals surface area contributed by atoms with E-state index in [1.807, 2.05) is 0 Å². The zero-order chi connectivity index (χ0) is 22.8. The van der Waals surface area contributed by atoms with Crippen molar-refractivity contribution in [2.45, 2.75) is 6.43 Å². The van der Waals surface area contributed by atoms with Gasteiger partial charge in [-0.2, -0.15) is 0 Å². The average Bonchev–Trinajstić information content (AvgIpc) is 2.71. The van der Waals surface area contributed by atoms with Gasteiger partial charge in [-0.25, -0.2) is 21.6 Å². The summed E-state index contributed by atoms with van der Waals surface area (Å²) in [4.78, 5) is 3.16. The lowest BCUT2D eigenvalue weighted by Gasteiger charge is -2.31. The molecule has 7 nitrogen and oxygen atoms in total. The Morgan fingerprint density at radius 1 is 1.26 bits per heavy atom. The molecule has 0 saturated heterocycles. The Hall–Kier alpha value is -3.05. The average molecular weight is 456 g/mol. The molecule has 0 aliphatic carbocycles. The molecule has 1 aromatic carbocycles. The van der Waals surface area contributed by atoms with E-state index in [2.05, 4.69) is 11.6 Å². The summed E-state index contributed by atoms with van der Waals surface area (Å²) in [5.74, 6) is -1.88. The standard InChI is InChI=1S/C20H19F3N2O5S/c1-12(21)17-13(5-3-7-15(17)30-10-9-29-2)20-19(26)18-14(6-4-8-24-18)25(11-16(22)23)31(20,27)28/h3-8,16,26H,1,9-11H2,2H3. The van der Waals surface area contributed by atoms with Crippen LogP contribution in [0.5, 0.6) is 5.75 Å². The van der Waals surface area contributed by atoms with Crippen molar-refractivity contribution in [3.63, 3.8) is 0 Å². The lowest BCUT2D eigenvalue weighted by Crippen LogP contribution is -2.39. The van der Waals surface area contributed by atoms with Crippen LogP contribution < -0.4 is 9.04 Å². The van der Waals surface area contributed by atoms with Crippen LogP contribution in [0.15, 0.2) is 43.1 Å². The van der Waals surface area contributed by atoms with Crippen LogP contribution in [-0.2, 0) is 14.8 Å². The minimum atomic E-state index is -4.72. The predicted octanol–water partition coefficient (Wildman–Crippen LogP) is 3.85. The summed E-state index contributed by atoms with van der Waals surface area (Å²) < 4.78 is 78.3. The molecule has 2 heterocycles. The Kier molecular flexibility index (Phi) is 6.56. The quantitative estimate of drug-likeness (QED) is 0.607. The number of aliphatic hydroxyl groups excluding tert-OH is 1. The van der Waals surface area contributed by atoms with Crippen LogP contribution in [-0.4, -0.2) is 51.8 Å². The molecular weight excluding hydrogens is 437 g/mol. The smallest absolute Gasteiger partial charge is 0.268 e. The fourth-order valence-electron chi connectivity index (χ4n) is 3.19. The molecule has 2 aromatic rings. The Bertz CT molecular complexity index is 1140. The highest BCUT2D eigenvalue weighted by Crippen LogP contribution is 2.45. The van der Waals surface area contributed by atoms with E-state index >= 15 is 0 Å². The second-order valence-electron chi connectivity index (χ2n) is 6.40. The molecular formula is C20H19F3N2O5S. The number of aliphatic hydroxyl groups is 1. The summed E-state index contributed by atoms with van der Waals surface area (Å²) in [6.07, 6.45) is -1.74. The number of hydrogen-bond donors (Lipinski definition) is 1. The van der Waals surface area contributed by atoms with E-state index in [-0.39, 0.29) is 41.5 Å². The number of ether oxygens (including phenoxy) is 2. The van der Waals surface area contributed by atoms with E-state index in [0.29, 0.717) is 4.31 Å². The number of hydrogen-bond acceptors (Lipinski definition) is 6. The Morgan fingerprint density at radius 2 is 2.00 bits per heavy atom. The Balaban J connectivity index is 2.28. The predicted molar refractivity (Wildman–Crippen MR) is 110 cm³/mol. The van der Waals surface area contributed by atoms with Crippen LogP contribution in [0.2, 0.25) is 0 Å². The van der Waals surface area contributed by atoms with Crippen molar-refractivity contribution < 1.29 is 36.2 Å². The van der Waals surface area contributed by atoms with Gasteiger partial charge in [-0.15, -0.1) is 0 Å². The van der Waals surface area contributed by atoms with Gasteiger partial charge in [0.2, 0.25) is 0 Å². The number of nitrogens with zero attached hydrogens (tertiary/aromatic N) is 2. The lowest BCUT2D eigenvalue weighted by molar-refractivity contribution is 0.146. The summed E-state index contributed by atoms with van der Waals surface area (Å²) in [5, 5.41) is 10.8. The van der Waals surface area contributed by atoms with Gasteiger partial charge in [0, 0.05) is 18.9 Å². The minimum Gasteiger partial charge on any atom is -0.504 e. The van der Waals surface area contributed by atoms with E-state index in [0.717, 1.165) is 0 Å². The van der Waals surface area contributed by atoms with Gasteiger partial charge >= 0.3 is 0 Å². The van der Waals surface area contributed by atoms with Gasteiger partial charge in [0.15, 0.2) is 5.76 Å². The van der Waals surface area contributed by atoms with E-state index in [4.69, 9.17) is 9.47 Å². The second kappa shape index (κ2) is 8.98. The number of halogens is 3. The van der Waals surface area contributed by atoms with Crippen LogP contribution in [0.25, 0.3) is 16.5 Å². The topological polar surface area (TPSA) is 89.0 Å². The van der Waals surface area contributed by atoms with Crippen molar-refractivity contribution in [3.8, 4) is 5.75 Å². The van der Waals surface area contributed by atoms with E-state index in [1.54, 1.807) is 0 Å². The molecule has 31 heavy (non-hydrogen) atoms. The second-order valence-corrected chi connectivity index (χ2v) is 8.20. The molecule has 0 spiro atoms. The summed E-state index contributed by atoms with van der Waals surface area (Å²) >= 11 is 0. The highest BCUT2D eigenvalue weighted by atomic mass is 32.2. The van der Waals surface area contributed by atoms with Gasteiger partial charge in [-0.05, 0) is 18.2 Å². The maximum Gasteiger partial charge on any atom is 0.268 e. The first kappa shape index (κ1) is 22.6. The number of alkyl halides is 2. The number of methoxy groups -OCH3 is 1. The first-order valence-corrected chi connectivity index (χ1v) is 10.4. The van der Waals surface area contributed by atoms with Crippen LogP contribution in [0.4, 0.5) is 18.9 Å². The maximum absolute atomic E-state index is 14.4. The molecule has 0 radical (unpaired) electrons. The van der Waals surface area contributed by atoms with Crippen molar-refractivity contribution in [1.29, 1.82) is 0 Å². The monoisotopic (exact) mass is 456 g/mol. The van der Waals surface area contributed by atoms with Gasteiger partial charge < -0.3 is 14.6 Å². The van der Waals surface area contributed by atoms with Gasteiger partial charge in [-0.3, -0.25) is 9.29 Å². The Morgan fingerprint density at radius 3 is 2.65 bits per heavy atom.